The van der Waals surface area contributed by atoms with Crippen molar-refractivity contribution in [1.29, 1.82) is 0 Å². The van der Waals surface area contributed by atoms with Crippen molar-refractivity contribution in [2.75, 3.05) is 13.4 Å². The third-order valence-electron chi connectivity index (χ3n) is 8.56. The van der Waals surface area contributed by atoms with E-state index in [0.717, 1.165) is 29.5 Å². The molecule has 0 unspecified atom stereocenters. The number of aromatic amines is 1. The van der Waals surface area contributed by atoms with Crippen molar-refractivity contribution in [3.05, 3.63) is 92.8 Å². The van der Waals surface area contributed by atoms with Crippen molar-refractivity contribution >= 4 is 16.9 Å². The summed E-state index contributed by atoms with van der Waals surface area (Å²) in [5.41, 5.74) is 3.65. The van der Waals surface area contributed by atoms with Crippen LogP contribution in [0.2, 0.25) is 0 Å². The zero-order chi connectivity index (χ0) is 30.2. The number of aromatic nitrogens is 5. The van der Waals surface area contributed by atoms with Gasteiger partial charge in [0.15, 0.2) is 16.9 Å². The molecule has 224 valence electrons. The molecule has 1 fully saturated rings. The highest BCUT2D eigenvalue weighted by molar-refractivity contribution is 5.93. The first-order chi connectivity index (χ1) is 21.5. The lowest BCUT2D eigenvalue weighted by atomic mass is 9.86. The minimum Gasteiger partial charge on any atom is -0.493 e. The maximum Gasteiger partial charge on any atom is 0.352 e. The van der Waals surface area contributed by atoms with Gasteiger partial charge in [-0.2, -0.15) is 5.21 Å². The number of tetrazole rings is 1. The number of carbonyl (C=O) groups is 1. The fraction of sp³-hybridized carbons (Fsp3) is 0.303. The van der Waals surface area contributed by atoms with Crippen LogP contribution in [-0.2, 0) is 19.4 Å². The Hall–Kier alpha value is -5.19. The van der Waals surface area contributed by atoms with E-state index in [4.69, 9.17) is 14.2 Å². The molecule has 2 N–H and O–H groups in total. The predicted molar refractivity (Wildman–Crippen MR) is 161 cm³/mol. The monoisotopic (exact) mass is 593 g/mol. The predicted octanol–water partition coefficient (Wildman–Crippen LogP) is 4.99. The number of benzene rings is 3. The van der Waals surface area contributed by atoms with Gasteiger partial charge in [0.1, 0.15) is 11.4 Å². The number of carboxylic acid groups (broad SMARTS) is 1. The second-order valence-corrected chi connectivity index (χ2v) is 11.3. The SMILES string of the molecule is CCc1cc2c(cc1Cn1c(C(=O)O)c(Cc3cccc(-c4nn[nH]n4)c3)c(=O)c3cc(OCC4CCC4)ccc31)OCO2. The van der Waals surface area contributed by atoms with E-state index in [-0.39, 0.29) is 36.4 Å². The molecule has 0 radical (unpaired) electrons. The molecular formula is C33H31N5O6. The lowest BCUT2D eigenvalue weighted by molar-refractivity contribution is 0.0684. The second-order valence-electron chi connectivity index (χ2n) is 11.3. The summed E-state index contributed by atoms with van der Waals surface area (Å²) in [4.78, 5) is 27.2. The Bertz CT molecular complexity index is 1930. The van der Waals surface area contributed by atoms with E-state index in [2.05, 4.69) is 20.6 Å². The third-order valence-corrected chi connectivity index (χ3v) is 8.56. The van der Waals surface area contributed by atoms with Gasteiger partial charge in [-0.05, 0) is 83.5 Å². The number of nitrogens with one attached hydrogen (secondary N) is 1. The van der Waals surface area contributed by atoms with Gasteiger partial charge in [0.2, 0.25) is 12.6 Å². The number of H-pyrrole nitrogens is 1. The Morgan fingerprint density at radius 1 is 1.09 bits per heavy atom. The minimum absolute atomic E-state index is 0.0599. The summed E-state index contributed by atoms with van der Waals surface area (Å²) in [7, 11) is 0. The maximum absolute atomic E-state index is 14.2. The smallest absolute Gasteiger partial charge is 0.352 e. The fourth-order valence-electron chi connectivity index (χ4n) is 6.00. The Balaban J connectivity index is 1.38. The number of nitrogens with zero attached hydrogens (tertiary/aromatic N) is 4. The van der Waals surface area contributed by atoms with E-state index < -0.39 is 5.97 Å². The molecule has 0 bridgehead atoms. The topological polar surface area (TPSA) is 141 Å². The highest BCUT2D eigenvalue weighted by Gasteiger charge is 2.25. The van der Waals surface area contributed by atoms with Gasteiger partial charge in [-0.3, -0.25) is 4.79 Å². The summed E-state index contributed by atoms with van der Waals surface area (Å²) in [6.07, 6.45) is 4.30. The molecule has 0 saturated heterocycles. The van der Waals surface area contributed by atoms with Gasteiger partial charge in [-0.25, -0.2) is 4.79 Å². The number of carboxylic acids is 1. The van der Waals surface area contributed by atoms with Crippen molar-refractivity contribution in [3.63, 3.8) is 0 Å². The first kappa shape index (κ1) is 27.6. The lowest BCUT2D eigenvalue weighted by Gasteiger charge is -2.25. The molecule has 11 nitrogen and oxygen atoms in total. The average molecular weight is 594 g/mol. The van der Waals surface area contributed by atoms with E-state index in [1.807, 2.05) is 49.4 Å². The van der Waals surface area contributed by atoms with Crippen LogP contribution in [-0.4, -0.2) is 49.7 Å². The molecule has 0 spiro atoms. The van der Waals surface area contributed by atoms with Crippen molar-refractivity contribution in [2.24, 2.45) is 5.92 Å². The number of hydrogen-bond acceptors (Lipinski definition) is 8. The molecule has 3 heterocycles. The Morgan fingerprint density at radius 3 is 2.61 bits per heavy atom. The molecule has 2 aliphatic rings. The number of aryl methyl sites for hydroxylation is 1. The standard InChI is InChI=1S/C33H31N5O6/c1-2-21-13-28-29(44-18-43-28)14-23(21)16-38-27-10-9-24(42-17-19-5-3-6-19)15-25(27)31(39)26(30(38)33(40)41)12-20-7-4-8-22(11-20)32-34-36-37-35-32/h4,7-11,13-15,19H,2-3,5-6,12,16-18H2,1H3,(H,40,41)(H,34,35,36,37). The molecule has 1 saturated carbocycles. The molecule has 44 heavy (non-hydrogen) atoms. The summed E-state index contributed by atoms with van der Waals surface area (Å²) >= 11 is 0. The first-order valence-corrected chi connectivity index (χ1v) is 14.8. The fourth-order valence-corrected chi connectivity index (χ4v) is 6.00. The molecule has 1 aliphatic heterocycles. The van der Waals surface area contributed by atoms with Crippen molar-refractivity contribution in [2.45, 2.75) is 45.6 Å². The molecule has 11 heteroatoms. The van der Waals surface area contributed by atoms with Crippen LogP contribution in [0.5, 0.6) is 17.2 Å². The molecular weight excluding hydrogens is 562 g/mol. The van der Waals surface area contributed by atoms with Crippen LogP contribution >= 0.6 is 0 Å². The highest BCUT2D eigenvalue weighted by Crippen LogP contribution is 2.36. The number of aromatic carboxylic acids is 1. The van der Waals surface area contributed by atoms with Gasteiger partial charge >= 0.3 is 5.97 Å². The molecule has 0 amide bonds. The third kappa shape index (κ3) is 5.14. The van der Waals surface area contributed by atoms with Gasteiger partial charge < -0.3 is 23.9 Å². The maximum atomic E-state index is 14.2. The molecule has 2 aromatic heterocycles. The van der Waals surface area contributed by atoms with E-state index in [0.29, 0.717) is 58.5 Å². The summed E-state index contributed by atoms with van der Waals surface area (Å²) < 4.78 is 19.1. The van der Waals surface area contributed by atoms with Crippen molar-refractivity contribution in [3.8, 4) is 28.6 Å². The second kappa shape index (κ2) is 11.5. The Labute approximate surface area is 252 Å². The Kier molecular flexibility index (Phi) is 7.21. The van der Waals surface area contributed by atoms with Crippen LogP contribution in [0.3, 0.4) is 0 Å². The van der Waals surface area contributed by atoms with Gasteiger partial charge in [-0.15, -0.1) is 10.2 Å². The summed E-state index contributed by atoms with van der Waals surface area (Å²) in [5, 5.41) is 25.2. The quantitative estimate of drug-likeness (QED) is 0.229. The first-order valence-electron chi connectivity index (χ1n) is 14.8. The molecule has 1 aliphatic carbocycles. The Morgan fingerprint density at radius 2 is 1.91 bits per heavy atom. The minimum atomic E-state index is -1.18. The van der Waals surface area contributed by atoms with Crippen LogP contribution in [0.4, 0.5) is 0 Å². The van der Waals surface area contributed by atoms with E-state index in [1.165, 1.54) is 6.42 Å². The lowest BCUT2D eigenvalue weighted by Crippen LogP contribution is -2.25. The zero-order valence-electron chi connectivity index (χ0n) is 24.2. The normalized spacial score (nSPS) is 14.1. The van der Waals surface area contributed by atoms with Gasteiger partial charge in [0.05, 0.1) is 12.1 Å². The van der Waals surface area contributed by atoms with Crippen molar-refractivity contribution < 1.29 is 24.1 Å². The molecule has 0 atom stereocenters. The van der Waals surface area contributed by atoms with Gasteiger partial charge in [0, 0.05) is 29.5 Å². The van der Waals surface area contributed by atoms with Crippen LogP contribution < -0.4 is 19.6 Å². The number of rotatable bonds is 10. The van der Waals surface area contributed by atoms with Gasteiger partial charge in [0.25, 0.3) is 0 Å². The van der Waals surface area contributed by atoms with Crippen LogP contribution in [0, 0.1) is 5.92 Å². The van der Waals surface area contributed by atoms with Crippen LogP contribution in [0.15, 0.2) is 59.4 Å². The van der Waals surface area contributed by atoms with Crippen LogP contribution in [0.25, 0.3) is 22.3 Å². The highest BCUT2D eigenvalue weighted by atomic mass is 16.7. The number of fused-ring (bicyclic) bond motifs is 2. The van der Waals surface area contributed by atoms with E-state index >= 15 is 0 Å². The molecule has 3 aromatic carbocycles. The molecule has 5 aromatic rings. The summed E-state index contributed by atoms with van der Waals surface area (Å²) in [6, 6.07) is 16.6. The van der Waals surface area contributed by atoms with E-state index in [9.17, 15) is 14.7 Å². The zero-order valence-corrected chi connectivity index (χ0v) is 24.2. The number of ether oxygens (including phenoxy) is 3. The summed E-state index contributed by atoms with van der Waals surface area (Å²) in [5.74, 6) is 1.63. The largest absolute Gasteiger partial charge is 0.493 e. The van der Waals surface area contributed by atoms with Gasteiger partial charge in [-0.1, -0.05) is 31.5 Å². The van der Waals surface area contributed by atoms with Crippen LogP contribution in [0.1, 0.15) is 58.9 Å². The average Bonchev–Trinajstić information content (AvgIpc) is 3.71. The molecule has 7 rings (SSSR count). The van der Waals surface area contributed by atoms with Crippen molar-refractivity contribution in [1.82, 2.24) is 25.2 Å². The number of pyridine rings is 1. The summed E-state index contributed by atoms with van der Waals surface area (Å²) in [6.45, 7) is 2.99. The number of hydrogen-bond donors (Lipinski definition) is 2. The van der Waals surface area contributed by atoms with E-state index in [1.54, 1.807) is 16.7 Å².